The molecule has 0 atom stereocenters. The second kappa shape index (κ2) is 8.25. The number of hydrogen-bond acceptors (Lipinski definition) is 5. The van der Waals surface area contributed by atoms with E-state index in [1.807, 2.05) is 112 Å². The van der Waals surface area contributed by atoms with Crippen LogP contribution in [0.3, 0.4) is 0 Å². The molecule has 0 radical (unpaired) electrons. The van der Waals surface area contributed by atoms with E-state index in [0.29, 0.717) is 0 Å². The minimum Gasteiger partial charge on any atom is -0.275 e. The number of fused-ring (bicyclic) bond motifs is 2. The van der Waals surface area contributed by atoms with Crippen molar-refractivity contribution in [1.29, 1.82) is 0 Å². The lowest BCUT2D eigenvalue weighted by molar-refractivity contribution is 1.01. The summed E-state index contributed by atoms with van der Waals surface area (Å²) in [7, 11) is 0. The lowest BCUT2D eigenvalue weighted by atomic mass is 10.2. The van der Waals surface area contributed by atoms with Gasteiger partial charge in [-0.3, -0.25) is 9.13 Å². The maximum Gasteiger partial charge on any atom is 0.165 e. The molecule has 0 fully saturated rings. The smallest absolute Gasteiger partial charge is 0.165 e. The second-order valence-corrected chi connectivity index (χ2v) is 8.30. The van der Waals surface area contributed by atoms with Crippen LogP contribution in [0.5, 0.6) is 0 Å². The molecule has 7 heteroatoms. The molecule has 7 aromatic rings. The highest BCUT2D eigenvalue weighted by Gasteiger charge is 2.19. The Morgan fingerprint density at radius 1 is 0.417 bits per heavy atom. The van der Waals surface area contributed by atoms with Crippen molar-refractivity contribution >= 4 is 22.1 Å². The molecule has 0 aliphatic heterocycles. The van der Waals surface area contributed by atoms with Gasteiger partial charge in [-0.15, -0.1) is 0 Å². The molecule has 0 aliphatic carbocycles. The van der Waals surface area contributed by atoms with Crippen LogP contribution in [-0.4, -0.2) is 34.1 Å². The molecular weight excluding hydrogens is 446 g/mol. The average Bonchev–Trinajstić information content (AvgIpc) is 3.53. The Hall–Kier alpha value is -5.17. The van der Waals surface area contributed by atoms with Crippen molar-refractivity contribution in [2.45, 2.75) is 0 Å². The summed E-state index contributed by atoms with van der Waals surface area (Å²) in [6.07, 6.45) is 3.57. The molecule has 0 aliphatic rings. The normalized spacial score (nSPS) is 11.3. The van der Waals surface area contributed by atoms with Crippen LogP contribution >= 0.6 is 0 Å². The molecule has 36 heavy (non-hydrogen) atoms. The zero-order chi connectivity index (χ0) is 23.9. The lowest BCUT2D eigenvalue weighted by Crippen LogP contribution is -2.03. The highest BCUT2D eigenvalue weighted by atomic mass is 15.2. The van der Waals surface area contributed by atoms with Crippen molar-refractivity contribution in [3.8, 4) is 34.7 Å². The van der Waals surface area contributed by atoms with Gasteiger partial charge in [-0.2, -0.15) is 0 Å². The fraction of sp³-hybridized carbons (Fsp3) is 0. The maximum absolute atomic E-state index is 5.05. The van der Waals surface area contributed by atoms with Crippen LogP contribution in [0.15, 0.2) is 116 Å². The number of pyridine rings is 3. The molecule has 0 unspecified atom stereocenters. The molecule has 2 aromatic carbocycles. The third kappa shape index (κ3) is 3.25. The Kier molecular flexibility index (Phi) is 4.63. The molecule has 0 amide bonds. The Morgan fingerprint density at radius 2 is 0.889 bits per heavy atom. The summed E-state index contributed by atoms with van der Waals surface area (Å²) in [6, 6.07) is 33.7. The number of rotatable bonds is 4. The number of aromatic nitrogens is 7. The van der Waals surface area contributed by atoms with Crippen LogP contribution < -0.4 is 0 Å². The molecule has 0 bridgehead atoms. The summed E-state index contributed by atoms with van der Waals surface area (Å²) in [5, 5.41) is 0. The van der Waals surface area contributed by atoms with E-state index in [0.717, 1.165) is 56.7 Å². The average molecular weight is 466 g/mol. The van der Waals surface area contributed by atoms with Gasteiger partial charge in [0.25, 0.3) is 0 Å². The third-order valence-corrected chi connectivity index (χ3v) is 6.09. The van der Waals surface area contributed by atoms with Crippen LogP contribution in [0.25, 0.3) is 56.7 Å². The molecule has 0 saturated carbocycles. The van der Waals surface area contributed by atoms with Gasteiger partial charge < -0.3 is 0 Å². The first-order valence-electron chi connectivity index (χ1n) is 11.6. The zero-order valence-electron chi connectivity index (χ0n) is 19.1. The van der Waals surface area contributed by atoms with E-state index in [9.17, 15) is 0 Å². The van der Waals surface area contributed by atoms with Gasteiger partial charge in [0.2, 0.25) is 0 Å². The number of nitrogens with zero attached hydrogens (tertiary/aromatic N) is 7. The van der Waals surface area contributed by atoms with Crippen LogP contribution in [-0.2, 0) is 0 Å². The predicted octanol–water partition coefficient (Wildman–Crippen LogP) is 5.88. The third-order valence-electron chi connectivity index (χ3n) is 6.09. The lowest BCUT2D eigenvalue weighted by Gasteiger charge is -2.10. The summed E-state index contributed by atoms with van der Waals surface area (Å²) in [4.78, 5) is 24.1. The minimum atomic E-state index is 0.720. The zero-order valence-corrected chi connectivity index (χ0v) is 19.1. The fourth-order valence-corrected chi connectivity index (χ4v) is 4.52. The van der Waals surface area contributed by atoms with E-state index < -0.39 is 0 Å². The summed E-state index contributed by atoms with van der Waals surface area (Å²) >= 11 is 0. The predicted molar refractivity (Wildman–Crippen MR) is 140 cm³/mol. The van der Waals surface area contributed by atoms with Gasteiger partial charge in [-0.1, -0.05) is 42.5 Å². The van der Waals surface area contributed by atoms with Crippen molar-refractivity contribution in [1.82, 2.24) is 34.1 Å². The Morgan fingerprint density at radius 3 is 1.36 bits per heavy atom. The molecular formula is C29H19N7. The van der Waals surface area contributed by atoms with E-state index in [1.165, 1.54) is 0 Å². The van der Waals surface area contributed by atoms with Crippen LogP contribution in [0, 0.1) is 0 Å². The van der Waals surface area contributed by atoms with Crippen molar-refractivity contribution in [2.75, 3.05) is 0 Å². The Bertz CT molecular complexity index is 1700. The first-order chi connectivity index (χ1) is 17.9. The topological polar surface area (TPSA) is 74.3 Å². The number of benzene rings is 2. The first kappa shape index (κ1) is 20.2. The van der Waals surface area contributed by atoms with Crippen LogP contribution in [0.2, 0.25) is 0 Å². The van der Waals surface area contributed by atoms with Crippen LogP contribution in [0.1, 0.15) is 0 Å². The molecule has 5 aromatic heterocycles. The quantitative estimate of drug-likeness (QED) is 0.324. The van der Waals surface area contributed by atoms with Gasteiger partial charge in [0, 0.05) is 12.4 Å². The number of imidazole rings is 2. The molecule has 7 rings (SSSR count). The molecule has 0 spiro atoms. The highest BCUT2D eigenvalue weighted by Crippen LogP contribution is 2.30. The Balaban J connectivity index is 1.46. The van der Waals surface area contributed by atoms with E-state index in [4.69, 9.17) is 15.0 Å². The van der Waals surface area contributed by atoms with Crippen molar-refractivity contribution in [3.63, 3.8) is 0 Å². The van der Waals surface area contributed by atoms with Gasteiger partial charge in [-0.05, 0) is 60.7 Å². The first-order valence-corrected chi connectivity index (χ1v) is 11.6. The molecule has 5 heterocycles. The molecule has 170 valence electrons. The minimum absolute atomic E-state index is 0.720. The van der Waals surface area contributed by atoms with E-state index in [1.54, 1.807) is 12.4 Å². The van der Waals surface area contributed by atoms with Gasteiger partial charge in [0.1, 0.15) is 23.0 Å². The van der Waals surface area contributed by atoms with Crippen molar-refractivity contribution in [2.24, 2.45) is 0 Å². The monoisotopic (exact) mass is 465 g/mol. The van der Waals surface area contributed by atoms with Gasteiger partial charge in [0.05, 0.1) is 22.1 Å². The van der Waals surface area contributed by atoms with Gasteiger partial charge in [0.15, 0.2) is 11.6 Å². The van der Waals surface area contributed by atoms with E-state index >= 15 is 0 Å². The molecule has 0 N–H and O–H groups in total. The molecule has 7 nitrogen and oxygen atoms in total. The van der Waals surface area contributed by atoms with E-state index in [-0.39, 0.29) is 0 Å². The molecule has 0 saturated heterocycles. The van der Waals surface area contributed by atoms with E-state index in [2.05, 4.69) is 9.97 Å². The second-order valence-electron chi connectivity index (χ2n) is 8.30. The van der Waals surface area contributed by atoms with Gasteiger partial charge in [-0.25, -0.2) is 24.9 Å². The summed E-state index contributed by atoms with van der Waals surface area (Å²) in [6.45, 7) is 0. The standard InChI is InChI=1S/C29H19N7/c1-3-14-24-20(10-1)33-28(35(24)26-16-5-7-18-30-26)22-12-9-13-23(32-22)29-34-21-11-2-4-15-25(21)36(29)27-17-6-8-19-31-27/h1-19H. The number of para-hydroxylation sites is 4. The largest absolute Gasteiger partial charge is 0.275 e. The fourth-order valence-electron chi connectivity index (χ4n) is 4.52. The SMILES string of the molecule is c1ccc(-n2c(-c3cccc(-c4nc5ccccc5n4-c4ccccn4)n3)nc3ccccc32)nc1. The van der Waals surface area contributed by atoms with Crippen molar-refractivity contribution < 1.29 is 0 Å². The summed E-state index contributed by atoms with van der Waals surface area (Å²) in [5.74, 6) is 3.01. The number of hydrogen-bond donors (Lipinski definition) is 0. The summed E-state index contributed by atoms with van der Waals surface area (Å²) < 4.78 is 4.09. The van der Waals surface area contributed by atoms with Crippen LogP contribution in [0.4, 0.5) is 0 Å². The Labute approximate surface area is 206 Å². The van der Waals surface area contributed by atoms with Crippen molar-refractivity contribution in [3.05, 3.63) is 116 Å². The highest BCUT2D eigenvalue weighted by molar-refractivity contribution is 5.84. The maximum atomic E-state index is 5.05. The summed E-state index contributed by atoms with van der Waals surface area (Å²) in [5.41, 5.74) is 5.17. The van der Waals surface area contributed by atoms with Gasteiger partial charge >= 0.3 is 0 Å².